The molecule has 0 bridgehead atoms. The first-order valence-corrected chi connectivity index (χ1v) is 11.4. The summed E-state index contributed by atoms with van der Waals surface area (Å²) in [4.78, 5) is 2.60. The van der Waals surface area contributed by atoms with Crippen molar-refractivity contribution in [2.24, 2.45) is 0 Å². The fraction of sp³-hybridized carbons (Fsp3) is 0. The maximum Gasteiger partial charge on any atom is 0.0285 e. The molecule has 0 saturated heterocycles. The fourth-order valence-corrected chi connectivity index (χ4v) is 5.78. The second-order valence-electron chi connectivity index (χ2n) is 7.74. The quantitative estimate of drug-likeness (QED) is 0.261. The van der Waals surface area contributed by atoms with E-state index in [0.29, 0.717) is 0 Å². The molecule has 0 fully saturated rings. The highest BCUT2D eigenvalue weighted by Gasteiger charge is 2.17. The highest BCUT2D eigenvalue weighted by atomic mass is 32.2. The summed E-state index contributed by atoms with van der Waals surface area (Å²) in [5.41, 5.74) is 2.57. The molecule has 0 N–H and O–H groups in total. The molecular formula is C30H20S. The van der Waals surface area contributed by atoms with Crippen LogP contribution in [0.1, 0.15) is 0 Å². The SMILES string of the molecule is c1ccc(-c2c(Sc3cccc4ccccc34)c3ccccc3c3ccccc23)cc1. The minimum Gasteiger partial charge on any atom is -0.0881 e. The molecule has 0 unspecified atom stereocenters. The van der Waals surface area contributed by atoms with Gasteiger partial charge in [0.25, 0.3) is 0 Å². The third kappa shape index (κ3) is 3.10. The number of fused-ring (bicyclic) bond motifs is 4. The van der Waals surface area contributed by atoms with Crippen molar-refractivity contribution in [1.82, 2.24) is 0 Å². The minimum absolute atomic E-state index is 1.26. The van der Waals surface area contributed by atoms with E-state index in [1.807, 2.05) is 11.8 Å². The average molecular weight is 413 g/mol. The van der Waals surface area contributed by atoms with E-state index in [0.717, 1.165) is 0 Å². The van der Waals surface area contributed by atoms with Gasteiger partial charge < -0.3 is 0 Å². The average Bonchev–Trinajstić information content (AvgIpc) is 2.85. The molecule has 146 valence electrons. The van der Waals surface area contributed by atoms with Crippen LogP contribution in [0.4, 0.5) is 0 Å². The zero-order valence-electron chi connectivity index (χ0n) is 17.0. The lowest BCUT2D eigenvalue weighted by Gasteiger charge is -2.18. The fourth-order valence-electron chi connectivity index (χ4n) is 4.50. The molecule has 31 heavy (non-hydrogen) atoms. The van der Waals surface area contributed by atoms with E-state index in [4.69, 9.17) is 0 Å². The summed E-state index contributed by atoms with van der Waals surface area (Å²) < 4.78 is 0. The first-order chi connectivity index (χ1) is 15.4. The zero-order valence-corrected chi connectivity index (χ0v) is 17.8. The van der Waals surface area contributed by atoms with Crippen molar-refractivity contribution in [2.45, 2.75) is 9.79 Å². The van der Waals surface area contributed by atoms with Crippen LogP contribution < -0.4 is 0 Å². The Labute approximate surface area is 186 Å². The maximum absolute atomic E-state index is 2.27. The summed E-state index contributed by atoms with van der Waals surface area (Å²) in [6.45, 7) is 0. The van der Waals surface area contributed by atoms with Crippen LogP contribution in [0.25, 0.3) is 43.4 Å². The zero-order chi connectivity index (χ0) is 20.6. The van der Waals surface area contributed by atoms with Gasteiger partial charge in [0, 0.05) is 15.4 Å². The van der Waals surface area contributed by atoms with E-state index in [2.05, 4.69) is 121 Å². The third-order valence-electron chi connectivity index (χ3n) is 5.91. The number of hydrogen-bond donors (Lipinski definition) is 0. The maximum atomic E-state index is 2.27. The van der Waals surface area contributed by atoms with Crippen molar-refractivity contribution >= 4 is 44.1 Å². The van der Waals surface area contributed by atoms with Gasteiger partial charge in [0.2, 0.25) is 0 Å². The lowest BCUT2D eigenvalue weighted by atomic mass is 9.93. The topological polar surface area (TPSA) is 0 Å². The molecule has 0 saturated carbocycles. The van der Waals surface area contributed by atoms with E-state index in [1.165, 1.54) is 53.2 Å². The highest BCUT2D eigenvalue weighted by molar-refractivity contribution is 8.00. The monoisotopic (exact) mass is 412 g/mol. The Morgan fingerprint density at radius 3 is 1.71 bits per heavy atom. The van der Waals surface area contributed by atoms with Gasteiger partial charge in [0.1, 0.15) is 0 Å². The van der Waals surface area contributed by atoms with Gasteiger partial charge in [0.15, 0.2) is 0 Å². The smallest absolute Gasteiger partial charge is 0.0285 e. The summed E-state index contributed by atoms with van der Waals surface area (Å²) in [6, 6.07) is 43.7. The van der Waals surface area contributed by atoms with Gasteiger partial charge in [0.05, 0.1) is 0 Å². The molecule has 0 heterocycles. The van der Waals surface area contributed by atoms with Crippen molar-refractivity contribution in [2.75, 3.05) is 0 Å². The number of benzene rings is 6. The lowest BCUT2D eigenvalue weighted by Crippen LogP contribution is -1.90. The van der Waals surface area contributed by atoms with Gasteiger partial charge in [-0.05, 0) is 43.9 Å². The molecule has 1 heteroatoms. The Balaban J connectivity index is 1.73. The van der Waals surface area contributed by atoms with Crippen molar-refractivity contribution in [3.63, 3.8) is 0 Å². The molecule has 0 aliphatic rings. The van der Waals surface area contributed by atoms with Gasteiger partial charge in [-0.2, -0.15) is 0 Å². The van der Waals surface area contributed by atoms with E-state index in [1.54, 1.807) is 0 Å². The molecule has 6 aromatic carbocycles. The van der Waals surface area contributed by atoms with Crippen LogP contribution in [-0.2, 0) is 0 Å². The van der Waals surface area contributed by atoms with E-state index < -0.39 is 0 Å². The Kier molecular flexibility index (Phi) is 4.48. The lowest BCUT2D eigenvalue weighted by molar-refractivity contribution is 1.49. The van der Waals surface area contributed by atoms with Crippen LogP contribution >= 0.6 is 11.8 Å². The third-order valence-corrected chi connectivity index (χ3v) is 7.11. The molecule has 0 radical (unpaired) electrons. The predicted molar refractivity (Wildman–Crippen MR) is 135 cm³/mol. The number of rotatable bonds is 3. The summed E-state index contributed by atoms with van der Waals surface area (Å²) >= 11 is 1.88. The van der Waals surface area contributed by atoms with Crippen LogP contribution in [0.15, 0.2) is 131 Å². The van der Waals surface area contributed by atoms with Crippen LogP contribution in [0.5, 0.6) is 0 Å². The van der Waals surface area contributed by atoms with Gasteiger partial charge in [-0.1, -0.05) is 127 Å². The summed E-state index contributed by atoms with van der Waals surface area (Å²) in [7, 11) is 0. The Morgan fingerprint density at radius 1 is 0.387 bits per heavy atom. The molecule has 6 aromatic rings. The largest absolute Gasteiger partial charge is 0.0881 e. The molecule has 0 atom stereocenters. The Bertz CT molecular complexity index is 1540. The molecule has 0 amide bonds. The first kappa shape index (κ1) is 18.2. The summed E-state index contributed by atoms with van der Waals surface area (Å²) in [6.07, 6.45) is 0. The standard InChI is InChI=1S/C30H20S/c1-2-12-22(13-3-1)29-26-18-8-6-16-24(26)25-17-7-9-19-27(25)30(29)31-28-20-10-14-21-11-4-5-15-23(21)28/h1-20H. The van der Waals surface area contributed by atoms with E-state index in [-0.39, 0.29) is 0 Å². The first-order valence-electron chi connectivity index (χ1n) is 10.5. The predicted octanol–water partition coefficient (Wildman–Crippen LogP) is 8.96. The van der Waals surface area contributed by atoms with Crippen molar-refractivity contribution < 1.29 is 0 Å². The van der Waals surface area contributed by atoms with Gasteiger partial charge in [-0.15, -0.1) is 0 Å². The summed E-state index contributed by atoms with van der Waals surface area (Å²) in [5, 5.41) is 7.79. The van der Waals surface area contributed by atoms with Gasteiger partial charge in [-0.3, -0.25) is 0 Å². The van der Waals surface area contributed by atoms with Crippen LogP contribution in [0, 0.1) is 0 Å². The van der Waals surface area contributed by atoms with Crippen molar-refractivity contribution in [1.29, 1.82) is 0 Å². The molecule has 0 aromatic heterocycles. The Hall–Kier alpha value is -3.55. The molecule has 0 spiro atoms. The highest BCUT2D eigenvalue weighted by Crippen LogP contribution is 2.47. The molecular weight excluding hydrogens is 392 g/mol. The van der Waals surface area contributed by atoms with Gasteiger partial charge in [-0.25, -0.2) is 0 Å². The normalized spacial score (nSPS) is 11.4. The molecule has 6 rings (SSSR count). The van der Waals surface area contributed by atoms with Crippen LogP contribution in [-0.4, -0.2) is 0 Å². The summed E-state index contributed by atoms with van der Waals surface area (Å²) in [5.74, 6) is 0. The number of hydrogen-bond acceptors (Lipinski definition) is 1. The van der Waals surface area contributed by atoms with Crippen LogP contribution in [0.3, 0.4) is 0 Å². The second-order valence-corrected chi connectivity index (χ2v) is 8.79. The van der Waals surface area contributed by atoms with Crippen molar-refractivity contribution in [3.8, 4) is 11.1 Å². The van der Waals surface area contributed by atoms with E-state index >= 15 is 0 Å². The minimum atomic E-state index is 1.26. The molecule has 0 nitrogen and oxygen atoms in total. The molecule has 0 aliphatic carbocycles. The second kappa shape index (κ2) is 7.61. The molecule has 0 aliphatic heterocycles. The van der Waals surface area contributed by atoms with Crippen molar-refractivity contribution in [3.05, 3.63) is 121 Å². The Morgan fingerprint density at radius 2 is 0.935 bits per heavy atom. The van der Waals surface area contributed by atoms with E-state index in [9.17, 15) is 0 Å². The van der Waals surface area contributed by atoms with Gasteiger partial charge >= 0.3 is 0 Å². The van der Waals surface area contributed by atoms with Crippen LogP contribution in [0.2, 0.25) is 0 Å².